The summed E-state index contributed by atoms with van der Waals surface area (Å²) in [4.78, 5) is 17.9. The third-order valence-electron chi connectivity index (χ3n) is 5.35. The van der Waals surface area contributed by atoms with Crippen molar-refractivity contribution in [3.05, 3.63) is 34.9 Å². The lowest BCUT2D eigenvalue weighted by atomic mass is 9.85. The van der Waals surface area contributed by atoms with E-state index in [-0.39, 0.29) is 18.1 Å². The maximum absolute atomic E-state index is 12.2. The van der Waals surface area contributed by atoms with E-state index in [9.17, 15) is 4.79 Å². The molecule has 0 unspecified atom stereocenters. The highest BCUT2D eigenvalue weighted by atomic mass is 32.1. The van der Waals surface area contributed by atoms with Crippen molar-refractivity contribution in [3.63, 3.8) is 0 Å². The van der Waals surface area contributed by atoms with Crippen LogP contribution in [0.3, 0.4) is 0 Å². The Balaban J connectivity index is 1.56. The lowest BCUT2D eigenvalue weighted by Gasteiger charge is -2.30. The van der Waals surface area contributed by atoms with E-state index in [0.717, 1.165) is 53.4 Å². The predicted octanol–water partition coefficient (Wildman–Crippen LogP) is 5.02. The van der Waals surface area contributed by atoms with Crippen molar-refractivity contribution in [2.45, 2.75) is 77.9 Å². The molecule has 1 aliphatic carbocycles. The second-order valence-electron chi connectivity index (χ2n) is 9.06. The van der Waals surface area contributed by atoms with Crippen molar-refractivity contribution in [2.24, 2.45) is 0 Å². The molecule has 0 radical (unpaired) electrons. The van der Waals surface area contributed by atoms with E-state index in [1.165, 1.54) is 4.88 Å². The second-order valence-corrected chi connectivity index (χ2v) is 10.3. The predicted molar refractivity (Wildman–Crippen MR) is 118 cm³/mol. The summed E-state index contributed by atoms with van der Waals surface area (Å²) in [5, 5.41) is 13.0. The van der Waals surface area contributed by atoms with E-state index in [2.05, 4.69) is 37.2 Å². The van der Waals surface area contributed by atoms with Crippen LogP contribution in [0.4, 0.5) is 4.79 Å². The number of pyridine rings is 1. The molecule has 1 N–H and O–H groups in total. The van der Waals surface area contributed by atoms with Gasteiger partial charge < -0.3 is 10.1 Å². The summed E-state index contributed by atoms with van der Waals surface area (Å²) in [5.74, 6) is 1.20. The topological polar surface area (TPSA) is 81.4 Å². The van der Waals surface area contributed by atoms with Gasteiger partial charge in [0.15, 0.2) is 5.65 Å². The van der Waals surface area contributed by atoms with E-state index in [1.807, 2.05) is 40.7 Å². The fourth-order valence-corrected chi connectivity index (χ4v) is 5.06. The number of hydrogen-bond acceptors (Lipinski definition) is 6. The summed E-state index contributed by atoms with van der Waals surface area (Å²) in [5.41, 5.74) is 2.52. The standard InChI is InChI=1S/C22H29N5O2S/c1-13-19(30-14(2)23-13)16-9-10-18-25-26-20(27(18)12-16)15-7-6-8-17(11-15)24-21(28)29-22(3,4)5/h9-10,12,15,17H,6-8,11H2,1-5H3,(H,24,28)/t15-,17+/m0/s1. The van der Waals surface area contributed by atoms with Crippen LogP contribution in [-0.2, 0) is 4.74 Å². The maximum Gasteiger partial charge on any atom is 0.407 e. The average molecular weight is 428 g/mol. The fourth-order valence-electron chi connectivity index (χ4n) is 4.15. The van der Waals surface area contributed by atoms with Crippen LogP contribution in [0.5, 0.6) is 0 Å². The number of amides is 1. The zero-order valence-corrected chi connectivity index (χ0v) is 19.0. The van der Waals surface area contributed by atoms with Crippen LogP contribution >= 0.6 is 11.3 Å². The first-order valence-electron chi connectivity index (χ1n) is 10.5. The molecule has 1 saturated carbocycles. The van der Waals surface area contributed by atoms with Gasteiger partial charge in [-0.3, -0.25) is 4.40 Å². The van der Waals surface area contributed by atoms with Crippen LogP contribution in [0.15, 0.2) is 18.3 Å². The molecule has 0 spiro atoms. The molecule has 8 heteroatoms. The summed E-state index contributed by atoms with van der Waals surface area (Å²) in [6.07, 6.45) is 5.64. The smallest absolute Gasteiger partial charge is 0.407 e. The van der Waals surface area contributed by atoms with Gasteiger partial charge >= 0.3 is 6.09 Å². The van der Waals surface area contributed by atoms with Crippen molar-refractivity contribution < 1.29 is 9.53 Å². The molecule has 1 aliphatic rings. The quantitative estimate of drug-likeness (QED) is 0.635. The molecule has 3 heterocycles. The summed E-state index contributed by atoms with van der Waals surface area (Å²) in [7, 11) is 0. The number of nitrogens with zero attached hydrogens (tertiary/aromatic N) is 4. The number of hydrogen-bond donors (Lipinski definition) is 1. The molecule has 1 amide bonds. The lowest BCUT2D eigenvalue weighted by molar-refractivity contribution is 0.0490. The molecule has 0 bridgehead atoms. The molecule has 7 nitrogen and oxygen atoms in total. The molecule has 0 aromatic carbocycles. The Morgan fingerprint density at radius 1 is 1.23 bits per heavy atom. The molecule has 30 heavy (non-hydrogen) atoms. The number of fused-ring (bicyclic) bond motifs is 1. The Hall–Kier alpha value is -2.48. The molecule has 3 aromatic rings. The monoisotopic (exact) mass is 427 g/mol. The summed E-state index contributed by atoms with van der Waals surface area (Å²) < 4.78 is 7.53. The summed E-state index contributed by atoms with van der Waals surface area (Å²) in [6, 6.07) is 4.18. The molecule has 1 fully saturated rings. The third-order valence-corrected chi connectivity index (χ3v) is 6.48. The summed E-state index contributed by atoms with van der Waals surface area (Å²) >= 11 is 1.71. The first-order valence-corrected chi connectivity index (χ1v) is 11.3. The number of aromatic nitrogens is 4. The number of alkyl carbamates (subject to hydrolysis) is 1. The van der Waals surface area contributed by atoms with Crippen LogP contribution in [0.1, 0.15) is 68.9 Å². The zero-order valence-electron chi connectivity index (χ0n) is 18.2. The van der Waals surface area contributed by atoms with E-state index in [0.29, 0.717) is 0 Å². The van der Waals surface area contributed by atoms with Gasteiger partial charge in [0, 0.05) is 23.7 Å². The zero-order chi connectivity index (χ0) is 21.5. The minimum atomic E-state index is -0.495. The SMILES string of the molecule is Cc1nc(C)c(-c2ccc3nnc([C@H]4CCC[C@@H](NC(=O)OC(C)(C)C)C4)n3c2)s1. The van der Waals surface area contributed by atoms with Crippen LogP contribution in [0.2, 0.25) is 0 Å². The minimum absolute atomic E-state index is 0.0838. The molecule has 0 saturated heterocycles. The molecule has 3 aromatic heterocycles. The molecular weight excluding hydrogens is 398 g/mol. The Labute approximate surface area is 180 Å². The van der Waals surface area contributed by atoms with Gasteiger partial charge in [-0.15, -0.1) is 21.5 Å². The van der Waals surface area contributed by atoms with Gasteiger partial charge in [0.2, 0.25) is 0 Å². The Bertz CT molecular complexity index is 1070. The van der Waals surface area contributed by atoms with Crippen molar-refractivity contribution in [1.82, 2.24) is 24.9 Å². The van der Waals surface area contributed by atoms with E-state index in [4.69, 9.17) is 4.74 Å². The highest BCUT2D eigenvalue weighted by molar-refractivity contribution is 7.15. The van der Waals surface area contributed by atoms with Crippen molar-refractivity contribution >= 4 is 23.1 Å². The highest BCUT2D eigenvalue weighted by Gasteiger charge is 2.29. The molecule has 160 valence electrons. The van der Waals surface area contributed by atoms with Gasteiger partial charge in [0.1, 0.15) is 11.4 Å². The lowest BCUT2D eigenvalue weighted by Crippen LogP contribution is -2.41. The van der Waals surface area contributed by atoms with Crippen LogP contribution in [-0.4, -0.2) is 37.3 Å². The van der Waals surface area contributed by atoms with E-state index >= 15 is 0 Å². The van der Waals surface area contributed by atoms with Crippen molar-refractivity contribution in [1.29, 1.82) is 0 Å². The molecule has 4 rings (SSSR count). The van der Waals surface area contributed by atoms with Gasteiger partial charge in [0.25, 0.3) is 0 Å². The number of carbonyl (C=O) groups excluding carboxylic acids is 1. The molecule has 0 aliphatic heterocycles. The van der Waals surface area contributed by atoms with E-state index in [1.54, 1.807) is 11.3 Å². The maximum atomic E-state index is 12.2. The first-order chi connectivity index (χ1) is 14.2. The number of carbonyl (C=O) groups is 1. The van der Waals surface area contributed by atoms with Crippen LogP contribution < -0.4 is 5.32 Å². The van der Waals surface area contributed by atoms with Gasteiger partial charge in [-0.25, -0.2) is 9.78 Å². The Morgan fingerprint density at radius 2 is 2.03 bits per heavy atom. The van der Waals surface area contributed by atoms with Gasteiger partial charge in [-0.2, -0.15) is 0 Å². The van der Waals surface area contributed by atoms with Crippen LogP contribution in [0.25, 0.3) is 16.1 Å². The number of rotatable bonds is 3. The third kappa shape index (κ3) is 4.48. The van der Waals surface area contributed by atoms with Gasteiger partial charge in [-0.1, -0.05) is 6.42 Å². The van der Waals surface area contributed by atoms with Crippen molar-refractivity contribution in [3.8, 4) is 10.4 Å². The number of ether oxygens (including phenoxy) is 1. The largest absolute Gasteiger partial charge is 0.444 e. The Kier molecular flexibility index (Phi) is 5.53. The second kappa shape index (κ2) is 7.98. The first kappa shape index (κ1) is 20.8. The number of thiazole rings is 1. The normalized spacial score (nSPS) is 19.8. The van der Waals surface area contributed by atoms with Crippen LogP contribution in [0, 0.1) is 13.8 Å². The average Bonchev–Trinajstić information content (AvgIpc) is 3.22. The van der Waals surface area contributed by atoms with E-state index < -0.39 is 5.60 Å². The Morgan fingerprint density at radius 3 is 2.73 bits per heavy atom. The molecular formula is C22H29N5O2S. The minimum Gasteiger partial charge on any atom is -0.444 e. The van der Waals surface area contributed by atoms with Crippen molar-refractivity contribution in [2.75, 3.05) is 0 Å². The summed E-state index contributed by atoms with van der Waals surface area (Å²) in [6.45, 7) is 9.71. The van der Waals surface area contributed by atoms with Gasteiger partial charge in [-0.05, 0) is 66.0 Å². The highest BCUT2D eigenvalue weighted by Crippen LogP contribution is 2.34. The fraction of sp³-hybridized carbons (Fsp3) is 0.545. The number of nitrogens with one attached hydrogen (secondary N) is 1. The number of aryl methyl sites for hydroxylation is 2. The molecule has 2 atom stereocenters. The van der Waals surface area contributed by atoms with Gasteiger partial charge in [0.05, 0.1) is 15.6 Å².